The summed E-state index contributed by atoms with van der Waals surface area (Å²) in [6.45, 7) is 0. The van der Waals surface area contributed by atoms with Gasteiger partial charge in [-0.25, -0.2) is 14.4 Å². The molecule has 156 valence electrons. The van der Waals surface area contributed by atoms with Gasteiger partial charge in [-0.2, -0.15) is 18.3 Å². The molecule has 0 unspecified atom stereocenters. The van der Waals surface area contributed by atoms with Crippen molar-refractivity contribution in [2.45, 2.75) is 6.18 Å². The standard InChI is InChI=1S/C21H13F3N4O3/c22-21(23,24)14-5-4-8-16(10-14)28-19(30)17(18(29)26-20(28)31)9-13-11-25-27(12-13)15-6-2-1-3-7-15/h1-12H,(H,26,29,31). The van der Waals surface area contributed by atoms with E-state index in [4.69, 9.17) is 0 Å². The first-order valence-electron chi connectivity index (χ1n) is 8.93. The first-order chi connectivity index (χ1) is 14.7. The van der Waals surface area contributed by atoms with Gasteiger partial charge in [-0.3, -0.25) is 14.9 Å². The highest BCUT2D eigenvalue weighted by atomic mass is 19.4. The Kier molecular flexibility index (Phi) is 4.90. The lowest BCUT2D eigenvalue weighted by molar-refractivity contribution is -0.137. The molecule has 1 N–H and O–H groups in total. The molecule has 0 bridgehead atoms. The molecule has 0 spiro atoms. The van der Waals surface area contributed by atoms with E-state index in [0.29, 0.717) is 16.5 Å². The molecular weight excluding hydrogens is 413 g/mol. The molecule has 1 aliphatic rings. The average Bonchev–Trinajstić information content (AvgIpc) is 3.20. The number of hydrogen-bond acceptors (Lipinski definition) is 4. The number of alkyl halides is 3. The molecule has 0 aliphatic carbocycles. The summed E-state index contributed by atoms with van der Waals surface area (Å²) >= 11 is 0. The minimum absolute atomic E-state index is 0.310. The molecule has 10 heteroatoms. The molecule has 2 heterocycles. The summed E-state index contributed by atoms with van der Waals surface area (Å²) in [4.78, 5) is 37.8. The number of rotatable bonds is 3. The Morgan fingerprint density at radius 3 is 2.35 bits per heavy atom. The van der Waals surface area contributed by atoms with Crippen molar-refractivity contribution in [1.29, 1.82) is 0 Å². The second-order valence-corrected chi connectivity index (χ2v) is 6.56. The Labute approximate surface area is 173 Å². The number of nitrogens with one attached hydrogen (secondary N) is 1. The fourth-order valence-electron chi connectivity index (χ4n) is 3.01. The van der Waals surface area contributed by atoms with Crippen LogP contribution in [0.15, 0.2) is 72.6 Å². The highest BCUT2D eigenvalue weighted by Crippen LogP contribution is 2.32. The van der Waals surface area contributed by atoms with E-state index in [9.17, 15) is 27.6 Å². The van der Waals surface area contributed by atoms with Crippen LogP contribution >= 0.6 is 0 Å². The smallest absolute Gasteiger partial charge is 0.273 e. The van der Waals surface area contributed by atoms with Crippen LogP contribution in [-0.4, -0.2) is 27.6 Å². The van der Waals surface area contributed by atoms with Gasteiger partial charge in [0.25, 0.3) is 11.8 Å². The van der Waals surface area contributed by atoms with Gasteiger partial charge >= 0.3 is 12.2 Å². The minimum Gasteiger partial charge on any atom is -0.273 e. The van der Waals surface area contributed by atoms with E-state index < -0.39 is 35.2 Å². The van der Waals surface area contributed by atoms with Crippen molar-refractivity contribution in [3.8, 4) is 5.69 Å². The van der Waals surface area contributed by atoms with Crippen molar-refractivity contribution in [2.24, 2.45) is 0 Å². The Balaban J connectivity index is 1.68. The molecule has 3 aromatic rings. The van der Waals surface area contributed by atoms with Crippen molar-refractivity contribution in [2.75, 3.05) is 4.90 Å². The molecule has 2 aromatic carbocycles. The number of para-hydroxylation sites is 1. The SMILES string of the molecule is O=C1NC(=O)N(c2cccc(C(F)(F)F)c2)C(=O)C1=Cc1cnn(-c2ccccc2)c1. The number of imide groups is 2. The van der Waals surface area contributed by atoms with Gasteiger partial charge in [0, 0.05) is 11.8 Å². The molecule has 4 rings (SSSR count). The van der Waals surface area contributed by atoms with Crippen LogP contribution in [0, 0.1) is 0 Å². The third kappa shape index (κ3) is 3.95. The number of urea groups is 1. The Morgan fingerprint density at radius 2 is 1.65 bits per heavy atom. The van der Waals surface area contributed by atoms with E-state index in [0.717, 1.165) is 17.8 Å². The Hall–Kier alpha value is -4.21. The molecule has 7 nitrogen and oxygen atoms in total. The first-order valence-corrected chi connectivity index (χ1v) is 8.93. The topological polar surface area (TPSA) is 84.3 Å². The lowest BCUT2D eigenvalue weighted by atomic mass is 10.1. The summed E-state index contributed by atoms with van der Waals surface area (Å²) in [6, 6.07) is 11.7. The van der Waals surface area contributed by atoms with E-state index in [1.54, 1.807) is 18.3 Å². The van der Waals surface area contributed by atoms with Crippen LogP contribution in [0.4, 0.5) is 23.7 Å². The monoisotopic (exact) mass is 426 g/mol. The lowest BCUT2D eigenvalue weighted by Crippen LogP contribution is -2.54. The van der Waals surface area contributed by atoms with E-state index >= 15 is 0 Å². The quantitative estimate of drug-likeness (QED) is 0.513. The van der Waals surface area contributed by atoms with Crippen molar-refractivity contribution >= 4 is 29.6 Å². The number of anilines is 1. The van der Waals surface area contributed by atoms with E-state index in [2.05, 4.69) is 5.10 Å². The predicted octanol–water partition coefficient (Wildman–Crippen LogP) is 3.56. The summed E-state index contributed by atoms with van der Waals surface area (Å²) in [5, 5.41) is 6.13. The molecule has 1 aromatic heterocycles. The normalized spacial score (nSPS) is 16.0. The summed E-state index contributed by atoms with van der Waals surface area (Å²) in [5.41, 5.74) is -0.620. The van der Waals surface area contributed by atoms with Gasteiger partial charge in [-0.1, -0.05) is 24.3 Å². The third-order valence-corrected chi connectivity index (χ3v) is 4.47. The molecule has 1 saturated heterocycles. The number of carbonyl (C=O) groups is 3. The first kappa shape index (κ1) is 20.1. The number of benzene rings is 2. The summed E-state index contributed by atoms with van der Waals surface area (Å²) < 4.78 is 40.6. The maximum absolute atomic E-state index is 13.0. The van der Waals surface area contributed by atoms with Crippen molar-refractivity contribution in [3.63, 3.8) is 0 Å². The number of halogens is 3. The van der Waals surface area contributed by atoms with Crippen LogP contribution in [0.5, 0.6) is 0 Å². The lowest BCUT2D eigenvalue weighted by Gasteiger charge is -2.26. The van der Waals surface area contributed by atoms with Gasteiger partial charge < -0.3 is 0 Å². The van der Waals surface area contributed by atoms with Crippen LogP contribution in [0.25, 0.3) is 11.8 Å². The molecule has 31 heavy (non-hydrogen) atoms. The zero-order valence-corrected chi connectivity index (χ0v) is 15.6. The average molecular weight is 426 g/mol. The number of barbiturate groups is 1. The van der Waals surface area contributed by atoms with Gasteiger partial charge in [0.05, 0.1) is 23.1 Å². The van der Waals surface area contributed by atoms with Crippen LogP contribution in [0.1, 0.15) is 11.1 Å². The highest BCUT2D eigenvalue weighted by Gasteiger charge is 2.38. The summed E-state index contributed by atoms with van der Waals surface area (Å²) in [5.74, 6) is -1.99. The molecule has 0 radical (unpaired) electrons. The maximum Gasteiger partial charge on any atom is 0.416 e. The molecule has 0 saturated carbocycles. The van der Waals surface area contributed by atoms with Crippen LogP contribution in [0.2, 0.25) is 0 Å². The maximum atomic E-state index is 13.0. The van der Waals surface area contributed by atoms with Gasteiger partial charge in [-0.15, -0.1) is 0 Å². The van der Waals surface area contributed by atoms with E-state index in [1.807, 2.05) is 23.5 Å². The second-order valence-electron chi connectivity index (χ2n) is 6.56. The van der Waals surface area contributed by atoms with Crippen molar-refractivity contribution < 1.29 is 27.6 Å². The highest BCUT2D eigenvalue weighted by molar-refractivity contribution is 6.39. The van der Waals surface area contributed by atoms with Gasteiger partial charge in [-0.05, 0) is 36.4 Å². The zero-order valence-electron chi connectivity index (χ0n) is 15.6. The largest absolute Gasteiger partial charge is 0.416 e. The number of hydrogen-bond donors (Lipinski definition) is 1. The number of amides is 4. The van der Waals surface area contributed by atoms with Crippen LogP contribution < -0.4 is 10.2 Å². The summed E-state index contributed by atoms with van der Waals surface area (Å²) in [7, 11) is 0. The van der Waals surface area contributed by atoms with Gasteiger partial charge in [0.1, 0.15) is 5.57 Å². The Morgan fingerprint density at radius 1 is 0.935 bits per heavy atom. The fraction of sp³-hybridized carbons (Fsp3) is 0.0476. The zero-order chi connectivity index (χ0) is 22.2. The van der Waals surface area contributed by atoms with Crippen molar-refractivity contribution in [1.82, 2.24) is 15.1 Å². The molecule has 4 amide bonds. The fourth-order valence-corrected chi connectivity index (χ4v) is 3.01. The van der Waals surface area contributed by atoms with Gasteiger partial charge in [0.15, 0.2) is 0 Å². The number of carbonyl (C=O) groups excluding carboxylic acids is 3. The predicted molar refractivity (Wildman–Crippen MR) is 104 cm³/mol. The molecule has 1 aliphatic heterocycles. The third-order valence-electron chi connectivity index (χ3n) is 4.47. The number of nitrogens with zero attached hydrogens (tertiary/aromatic N) is 3. The molecular formula is C21H13F3N4O3. The van der Waals surface area contributed by atoms with Crippen LogP contribution in [-0.2, 0) is 15.8 Å². The Bertz CT molecular complexity index is 1220. The number of aromatic nitrogens is 2. The summed E-state index contributed by atoms with van der Waals surface area (Å²) in [6.07, 6.45) is -0.470. The minimum atomic E-state index is -4.66. The van der Waals surface area contributed by atoms with E-state index in [1.165, 1.54) is 23.0 Å². The second kappa shape index (κ2) is 7.56. The molecule has 0 atom stereocenters. The van der Waals surface area contributed by atoms with Crippen LogP contribution in [0.3, 0.4) is 0 Å². The molecule has 1 fully saturated rings. The van der Waals surface area contributed by atoms with E-state index in [-0.39, 0.29) is 5.69 Å². The van der Waals surface area contributed by atoms with Gasteiger partial charge in [0.2, 0.25) is 0 Å². The van der Waals surface area contributed by atoms with Crippen molar-refractivity contribution in [3.05, 3.63) is 83.7 Å².